The van der Waals surface area contributed by atoms with Crippen molar-refractivity contribution in [3.8, 4) is 0 Å². The lowest BCUT2D eigenvalue weighted by Gasteiger charge is -2.23. The number of hydrogen-bond donors (Lipinski definition) is 1. The second kappa shape index (κ2) is 7.17. The van der Waals surface area contributed by atoms with Gasteiger partial charge in [-0.3, -0.25) is 9.10 Å². The maximum Gasteiger partial charge on any atom is 0.324 e. The van der Waals surface area contributed by atoms with Crippen molar-refractivity contribution in [1.29, 1.82) is 0 Å². The van der Waals surface area contributed by atoms with E-state index in [0.717, 1.165) is 27.1 Å². The van der Waals surface area contributed by atoms with E-state index in [0.29, 0.717) is 5.69 Å². The topological polar surface area (TPSA) is 74.7 Å². The number of aryl methyl sites for hydroxylation is 1. The summed E-state index contributed by atoms with van der Waals surface area (Å²) in [5.74, 6) is -1.21. The highest BCUT2D eigenvalue weighted by Crippen LogP contribution is 2.26. The first-order valence-electron chi connectivity index (χ1n) is 8.24. The van der Waals surface area contributed by atoms with Gasteiger partial charge in [0.15, 0.2) is 0 Å². The van der Waals surface area contributed by atoms with Crippen molar-refractivity contribution in [3.05, 3.63) is 72.3 Å². The molecule has 0 unspecified atom stereocenters. The summed E-state index contributed by atoms with van der Waals surface area (Å²) in [6.45, 7) is 1.36. The molecule has 0 saturated carbocycles. The van der Waals surface area contributed by atoms with E-state index in [9.17, 15) is 18.3 Å². The van der Waals surface area contributed by atoms with Crippen molar-refractivity contribution in [2.75, 3.05) is 10.8 Å². The number of nitrogens with zero attached hydrogens (tertiary/aromatic N) is 1. The molecule has 0 heterocycles. The molecule has 0 saturated heterocycles. The molecule has 3 rings (SSSR count). The van der Waals surface area contributed by atoms with Gasteiger partial charge in [-0.2, -0.15) is 0 Å². The maximum atomic E-state index is 13.1. The van der Waals surface area contributed by atoms with Gasteiger partial charge in [0.1, 0.15) is 6.54 Å². The molecule has 134 valence electrons. The Balaban J connectivity index is 2.08. The zero-order valence-corrected chi connectivity index (χ0v) is 15.1. The van der Waals surface area contributed by atoms with E-state index in [-0.39, 0.29) is 4.90 Å². The predicted molar refractivity (Wildman–Crippen MR) is 102 cm³/mol. The number of anilines is 1. The quantitative estimate of drug-likeness (QED) is 0.719. The second-order valence-electron chi connectivity index (χ2n) is 5.93. The average molecular weight is 369 g/mol. The number of aliphatic carboxylic acids is 1. The number of carboxylic acid groups (broad SMARTS) is 1. The van der Waals surface area contributed by atoms with Crippen molar-refractivity contribution in [2.45, 2.75) is 18.2 Å². The summed E-state index contributed by atoms with van der Waals surface area (Å²) in [4.78, 5) is 11.4. The van der Waals surface area contributed by atoms with Gasteiger partial charge in [-0.25, -0.2) is 8.42 Å². The minimum absolute atomic E-state index is 0.0667. The van der Waals surface area contributed by atoms with E-state index in [2.05, 4.69) is 0 Å². The highest BCUT2D eigenvalue weighted by atomic mass is 32.2. The van der Waals surface area contributed by atoms with Crippen molar-refractivity contribution >= 4 is 32.5 Å². The fraction of sp³-hybridized carbons (Fsp3) is 0.150. The number of sulfonamides is 1. The smallest absolute Gasteiger partial charge is 0.324 e. The standard InChI is InChI=1S/C20H19NO4S/c1-2-15-7-10-18(11-8-15)21(14-20(22)23)26(24,25)19-12-9-16-5-3-4-6-17(16)13-19/h3-13H,2,14H2,1H3,(H,22,23). The Morgan fingerprint density at radius 2 is 1.62 bits per heavy atom. The highest BCUT2D eigenvalue weighted by molar-refractivity contribution is 7.92. The summed E-state index contributed by atoms with van der Waals surface area (Å²) in [5, 5.41) is 10.9. The molecule has 0 atom stereocenters. The SMILES string of the molecule is CCc1ccc(N(CC(=O)O)S(=O)(=O)c2ccc3ccccc3c2)cc1. The normalized spacial score (nSPS) is 11.4. The van der Waals surface area contributed by atoms with Crippen LogP contribution in [0.1, 0.15) is 12.5 Å². The van der Waals surface area contributed by atoms with Crippen molar-refractivity contribution in [3.63, 3.8) is 0 Å². The van der Waals surface area contributed by atoms with Gasteiger partial charge in [0.05, 0.1) is 10.6 Å². The van der Waals surface area contributed by atoms with Crippen LogP contribution in [0.5, 0.6) is 0 Å². The Kier molecular flexibility index (Phi) is 4.95. The lowest BCUT2D eigenvalue weighted by molar-refractivity contribution is -0.135. The second-order valence-corrected chi connectivity index (χ2v) is 7.80. The first-order chi connectivity index (χ1) is 12.4. The third kappa shape index (κ3) is 3.55. The molecule has 0 aliphatic rings. The Morgan fingerprint density at radius 3 is 2.23 bits per heavy atom. The van der Waals surface area contributed by atoms with Gasteiger partial charge < -0.3 is 5.11 Å². The molecule has 3 aromatic carbocycles. The summed E-state index contributed by atoms with van der Waals surface area (Å²) in [6.07, 6.45) is 0.816. The lowest BCUT2D eigenvalue weighted by atomic mass is 10.1. The fourth-order valence-corrected chi connectivity index (χ4v) is 4.24. The summed E-state index contributed by atoms with van der Waals surface area (Å²) in [7, 11) is -4.01. The maximum absolute atomic E-state index is 13.1. The zero-order valence-electron chi connectivity index (χ0n) is 14.3. The number of fused-ring (bicyclic) bond motifs is 1. The Morgan fingerprint density at radius 1 is 0.962 bits per heavy atom. The van der Waals surface area contributed by atoms with E-state index in [1.165, 1.54) is 6.07 Å². The number of carboxylic acids is 1. The Hall–Kier alpha value is -2.86. The molecular weight excluding hydrogens is 350 g/mol. The van der Waals surface area contributed by atoms with Crippen molar-refractivity contribution in [2.24, 2.45) is 0 Å². The summed E-state index contributed by atoms with van der Waals surface area (Å²) in [6, 6.07) is 19.1. The van der Waals surface area contributed by atoms with Crippen LogP contribution in [0.2, 0.25) is 0 Å². The number of hydrogen-bond acceptors (Lipinski definition) is 3. The minimum Gasteiger partial charge on any atom is -0.480 e. The number of benzene rings is 3. The molecule has 0 spiro atoms. The van der Waals surface area contributed by atoms with E-state index in [4.69, 9.17) is 0 Å². The van der Waals surface area contributed by atoms with Crippen molar-refractivity contribution in [1.82, 2.24) is 0 Å². The largest absolute Gasteiger partial charge is 0.480 e. The zero-order chi connectivity index (χ0) is 18.7. The van der Waals surface area contributed by atoms with Crippen LogP contribution in [-0.2, 0) is 21.2 Å². The van der Waals surface area contributed by atoms with Crippen LogP contribution in [0.3, 0.4) is 0 Å². The monoisotopic (exact) mass is 369 g/mol. The lowest BCUT2D eigenvalue weighted by Crippen LogP contribution is -2.35. The first kappa shape index (κ1) is 17.9. The van der Waals surface area contributed by atoms with Gasteiger partial charge in [-0.05, 0) is 47.0 Å². The van der Waals surface area contributed by atoms with Crippen LogP contribution < -0.4 is 4.31 Å². The summed E-state index contributed by atoms with van der Waals surface area (Å²) in [5.41, 5.74) is 1.38. The molecule has 26 heavy (non-hydrogen) atoms. The number of rotatable bonds is 6. The fourth-order valence-electron chi connectivity index (χ4n) is 2.79. The molecule has 0 aliphatic carbocycles. The molecule has 1 N–H and O–H groups in total. The van der Waals surface area contributed by atoms with Crippen LogP contribution in [0.25, 0.3) is 10.8 Å². The van der Waals surface area contributed by atoms with Crippen LogP contribution >= 0.6 is 0 Å². The highest BCUT2D eigenvalue weighted by Gasteiger charge is 2.27. The Labute approximate surface area is 152 Å². The van der Waals surface area contributed by atoms with Gasteiger partial charge in [0.25, 0.3) is 10.0 Å². The molecule has 0 bridgehead atoms. The third-order valence-corrected chi connectivity index (χ3v) is 5.99. The molecular formula is C20H19NO4S. The van der Waals surface area contributed by atoms with Gasteiger partial charge in [0, 0.05) is 0 Å². The first-order valence-corrected chi connectivity index (χ1v) is 9.68. The molecule has 5 nitrogen and oxygen atoms in total. The van der Waals surface area contributed by atoms with Crippen LogP contribution in [0, 0.1) is 0 Å². The van der Waals surface area contributed by atoms with Crippen LogP contribution in [0.4, 0.5) is 5.69 Å². The van der Waals surface area contributed by atoms with Gasteiger partial charge in [-0.15, -0.1) is 0 Å². The van der Waals surface area contributed by atoms with Crippen molar-refractivity contribution < 1.29 is 18.3 Å². The van der Waals surface area contributed by atoms with E-state index < -0.39 is 22.5 Å². The summed E-state index contributed by atoms with van der Waals surface area (Å²) < 4.78 is 27.2. The predicted octanol–water partition coefficient (Wildman–Crippen LogP) is 3.68. The number of carbonyl (C=O) groups is 1. The molecule has 3 aromatic rings. The molecule has 6 heteroatoms. The molecule has 0 amide bonds. The Bertz CT molecular complexity index is 1040. The van der Waals surface area contributed by atoms with Crippen LogP contribution in [-0.4, -0.2) is 26.0 Å². The third-order valence-electron chi connectivity index (χ3n) is 4.22. The van der Waals surface area contributed by atoms with Gasteiger partial charge in [-0.1, -0.05) is 49.4 Å². The molecule has 0 fully saturated rings. The van der Waals surface area contributed by atoms with Crippen LogP contribution in [0.15, 0.2) is 71.6 Å². The molecule has 0 aliphatic heterocycles. The van der Waals surface area contributed by atoms with E-state index >= 15 is 0 Å². The minimum atomic E-state index is -4.01. The summed E-state index contributed by atoms with van der Waals surface area (Å²) >= 11 is 0. The average Bonchev–Trinajstić information content (AvgIpc) is 2.65. The van der Waals surface area contributed by atoms with E-state index in [1.54, 1.807) is 36.4 Å². The van der Waals surface area contributed by atoms with E-state index in [1.807, 2.05) is 31.2 Å². The molecule has 0 aromatic heterocycles. The van der Waals surface area contributed by atoms with Gasteiger partial charge >= 0.3 is 5.97 Å². The van der Waals surface area contributed by atoms with Gasteiger partial charge in [0.2, 0.25) is 0 Å². The molecule has 0 radical (unpaired) electrons.